The van der Waals surface area contributed by atoms with E-state index in [2.05, 4.69) is 15.9 Å². The van der Waals surface area contributed by atoms with Crippen molar-refractivity contribution in [2.45, 2.75) is 12.5 Å². The van der Waals surface area contributed by atoms with Crippen LogP contribution >= 0.6 is 27.5 Å². The van der Waals surface area contributed by atoms with Crippen LogP contribution in [0, 0.1) is 0 Å². The molecule has 0 aromatic heterocycles. The van der Waals surface area contributed by atoms with E-state index in [1.165, 1.54) is 0 Å². The standard InChI is InChI=1S/C15H10BrClO2/c16-10-4-5-14-12(7-10)13(18)8-15(19-14)9-2-1-3-11(17)6-9/h1-7,15H,8H2/t15-/m0/s1. The molecule has 1 atom stereocenters. The van der Waals surface area contributed by atoms with Gasteiger partial charge in [-0.3, -0.25) is 4.79 Å². The van der Waals surface area contributed by atoms with Crippen molar-refractivity contribution < 1.29 is 9.53 Å². The normalized spacial score (nSPS) is 17.8. The molecule has 1 aliphatic heterocycles. The fourth-order valence-electron chi connectivity index (χ4n) is 2.19. The summed E-state index contributed by atoms with van der Waals surface area (Å²) in [5.74, 6) is 0.719. The minimum Gasteiger partial charge on any atom is -0.484 e. The summed E-state index contributed by atoms with van der Waals surface area (Å²) in [4.78, 5) is 12.2. The molecule has 0 saturated carbocycles. The van der Waals surface area contributed by atoms with E-state index in [0.717, 1.165) is 10.0 Å². The number of carbonyl (C=O) groups excluding carboxylic acids is 1. The zero-order valence-corrected chi connectivity index (χ0v) is 12.2. The molecule has 0 spiro atoms. The van der Waals surface area contributed by atoms with Gasteiger partial charge in [-0.2, -0.15) is 0 Å². The summed E-state index contributed by atoms with van der Waals surface area (Å²) in [6.45, 7) is 0. The van der Waals surface area contributed by atoms with Crippen molar-refractivity contribution in [1.29, 1.82) is 0 Å². The molecule has 0 amide bonds. The SMILES string of the molecule is O=C1C[C@@H](c2cccc(Cl)c2)Oc2ccc(Br)cc21. The van der Waals surface area contributed by atoms with E-state index in [1.807, 2.05) is 30.3 Å². The lowest BCUT2D eigenvalue weighted by atomic mass is 9.96. The lowest BCUT2D eigenvalue weighted by Gasteiger charge is -2.25. The number of hydrogen-bond donors (Lipinski definition) is 0. The Morgan fingerprint density at radius 2 is 2.05 bits per heavy atom. The van der Waals surface area contributed by atoms with Crippen LogP contribution in [-0.2, 0) is 0 Å². The Morgan fingerprint density at radius 1 is 1.21 bits per heavy atom. The number of Topliss-reactive ketones (excluding diaryl/α,β-unsaturated/α-hetero) is 1. The predicted octanol–water partition coefficient (Wildman–Crippen LogP) is 4.81. The molecule has 2 aromatic carbocycles. The Hall–Kier alpha value is -1.32. The topological polar surface area (TPSA) is 26.3 Å². The highest BCUT2D eigenvalue weighted by atomic mass is 79.9. The Balaban J connectivity index is 1.97. The van der Waals surface area contributed by atoms with E-state index >= 15 is 0 Å². The van der Waals surface area contributed by atoms with E-state index in [-0.39, 0.29) is 11.9 Å². The number of carbonyl (C=O) groups is 1. The molecule has 19 heavy (non-hydrogen) atoms. The summed E-state index contributed by atoms with van der Waals surface area (Å²) >= 11 is 9.34. The van der Waals surface area contributed by atoms with Crippen molar-refractivity contribution in [3.63, 3.8) is 0 Å². The van der Waals surface area contributed by atoms with Gasteiger partial charge in [0.05, 0.1) is 12.0 Å². The summed E-state index contributed by atoms with van der Waals surface area (Å²) in [7, 11) is 0. The number of hydrogen-bond acceptors (Lipinski definition) is 2. The third-order valence-corrected chi connectivity index (χ3v) is 3.83. The van der Waals surface area contributed by atoms with E-state index < -0.39 is 0 Å². The minimum absolute atomic E-state index is 0.0903. The van der Waals surface area contributed by atoms with Crippen molar-refractivity contribution in [3.8, 4) is 5.75 Å². The highest BCUT2D eigenvalue weighted by molar-refractivity contribution is 9.10. The van der Waals surface area contributed by atoms with Crippen LogP contribution in [0.4, 0.5) is 0 Å². The first-order valence-electron chi connectivity index (χ1n) is 5.88. The van der Waals surface area contributed by atoms with E-state index in [4.69, 9.17) is 16.3 Å². The second-order valence-electron chi connectivity index (χ2n) is 4.43. The van der Waals surface area contributed by atoms with Crippen LogP contribution in [-0.4, -0.2) is 5.78 Å². The van der Waals surface area contributed by atoms with Crippen molar-refractivity contribution in [1.82, 2.24) is 0 Å². The summed E-state index contributed by atoms with van der Waals surface area (Å²) in [6, 6.07) is 12.9. The van der Waals surface area contributed by atoms with E-state index in [9.17, 15) is 4.79 Å². The number of fused-ring (bicyclic) bond motifs is 1. The van der Waals surface area contributed by atoms with Crippen LogP contribution in [0.2, 0.25) is 5.02 Å². The van der Waals surface area contributed by atoms with Crippen molar-refractivity contribution in [2.75, 3.05) is 0 Å². The largest absolute Gasteiger partial charge is 0.484 e. The number of ketones is 1. The van der Waals surface area contributed by atoms with Crippen molar-refractivity contribution in [2.24, 2.45) is 0 Å². The third-order valence-electron chi connectivity index (χ3n) is 3.10. The molecule has 96 valence electrons. The Bertz CT molecular complexity index is 654. The molecule has 0 aliphatic carbocycles. The second kappa shape index (κ2) is 4.99. The fourth-order valence-corrected chi connectivity index (χ4v) is 2.75. The van der Waals surface area contributed by atoms with Gasteiger partial charge < -0.3 is 4.74 Å². The van der Waals surface area contributed by atoms with E-state index in [0.29, 0.717) is 22.8 Å². The Labute approximate surface area is 124 Å². The molecule has 0 bridgehead atoms. The summed E-state index contributed by atoms with van der Waals surface area (Å²) in [5.41, 5.74) is 1.56. The maximum Gasteiger partial charge on any atom is 0.170 e. The van der Waals surface area contributed by atoms with Gasteiger partial charge in [0.1, 0.15) is 11.9 Å². The molecule has 0 radical (unpaired) electrons. The quantitative estimate of drug-likeness (QED) is 0.746. The fraction of sp³-hybridized carbons (Fsp3) is 0.133. The molecule has 0 fully saturated rings. The van der Waals surface area contributed by atoms with Gasteiger partial charge in [0.25, 0.3) is 0 Å². The smallest absolute Gasteiger partial charge is 0.170 e. The second-order valence-corrected chi connectivity index (χ2v) is 5.78. The molecule has 0 unspecified atom stereocenters. The van der Waals surface area contributed by atoms with Crippen LogP contribution in [0.25, 0.3) is 0 Å². The number of rotatable bonds is 1. The molecule has 2 nitrogen and oxygen atoms in total. The van der Waals surface area contributed by atoms with Crippen LogP contribution in [0.15, 0.2) is 46.9 Å². The van der Waals surface area contributed by atoms with Gasteiger partial charge in [-0.1, -0.05) is 39.7 Å². The van der Waals surface area contributed by atoms with Gasteiger partial charge >= 0.3 is 0 Å². The Kier molecular flexibility index (Phi) is 3.33. The van der Waals surface area contributed by atoms with Crippen molar-refractivity contribution >= 4 is 33.3 Å². The zero-order chi connectivity index (χ0) is 13.4. The molecule has 4 heteroatoms. The van der Waals surface area contributed by atoms with Gasteiger partial charge in [-0.15, -0.1) is 0 Å². The van der Waals surface area contributed by atoms with Gasteiger partial charge in [0.2, 0.25) is 0 Å². The lowest BCUT2D eigenvalue weighted by Crippen LogP contribution is -2.20. The van der Waals surface area contributed by atoms with Crippen LogP contribution in [0.5, 0.6) is 5.75 Å². The molecule has 2 aromatic rings. The minimum atomic E-state index is -0.264. The summed E-state index contributed by atoms with van der Waals surface area (Å²) < 4.78 is 6.78. The molecule has 0 N–H and O–H groups in total. The van der Waals surface area contributed by atoms with Crippen LogP contribution in [0.1, 0.15) is 28.4 Å². The van der Waals surface area contributed by atoms with Gasteiger partial charge in [-0.05, 0) is 35.9 Å². The zero-order valence-electron chi connectivity index (χ0n) is 9.90. The highest BCUT2D eigenvalue weighted by Gasteiger charge is 2.27. The average molecular weight is 338 g/mol. The van der Waals surface area contributed by atoms with E-state index in [1.54, 1.807) is 12.1 Å². The number of ether oxygens (including phenoxy) is 1. The lowest BCUT2D eigenvalue weighted by molar-refractivity contribution is 0.0850. The first kappa shape index (κ1) is 12.7. The monoisotopic (exact) mass is 336 g/mol. The van der Waals surface area contributed by atoms with Crippen LogP contribution < -0.4 is 4.74 Å². The average Bonchev–Trinajstić information content (AvgIpc) is 2.39. The van der Waals surface area contributed by atoms with Gasteiger partial charge in [0.15, 0.2) is 5.78 Å². The predicted molar refractivity (Wildman–Crippen MR) is 77.9 cm³/mol. The highest BCUT2D eigenvalue weighted by Crippen LogP contribution is 2.36. The molecular formula is C15H10BrClO2. The van der Waals surface area contributed by atoms with Crippen LogP contribution in [0.3, 0.4) is 0 Å². The number of halogens is 2. The number of benzene rings is 2. The van der Waals surface area contributed by atoms with Gasteiger partial charge in [0, 0.05) is 9.50 Å². The first-order valence-corrected chi connectivity index (χ1v) is 7.05. The molecule has 1 aliphatic rings. The summed E-state index contributed by atoms with van der Waals surface area (Å²) in [5, 5.41) is 0.648. The molecule has 3 rings (SSSR count). The summed E-state index contributed by atoms with van der Waals surface area (Å²) in [6.07, 6.45) is 0.0731. The molecular weight excluding hydrogens is 328 g/mol. The van der Waals surface area contributed by atoms with Crippen molar-refractivity contribution in [3.05, 3.63) is 63.1 Å². The molecule has 0 saturated heterocycles. The molecule has 1 heterocycles. The first-order chi connectivity index (χ1) is 9.13. The maximum atomic E-state index is 12.2. The third kappa shape index (κ3) is 2.53. The Morgan fingerprint density at radius 3 is 2.84 bits per heavy atom. The van der Waals surface area contributed by atoms with Gasteiger partial charge in [-0.25, -0.2) is 0 Å². The maximum absolute atomic E-state index is 12.2.